The van der Waals surface area contributed by atoms with Crippen LogP contribution in [-0.2, 0) is 4.74 Å². The van der Waals surface area contributed by atoms with Crippen LogP contribution in [0.1, 0.15) is 51.7 Å². The van der Waals surface area contributed by atoms with Gasteiger partial charge in [0.25, 0.3) is 0 Å². The van der Waals surface area contributed by atoms with Crippen molar-refractivity contribution in [2.24, 2.45) is 0 Å². The Hall–Kier alpha value is -1.52. The molecule has 0 N–H and O–H groups in total. The molecule has 3 rings (SSSR count). The molecule has 0 unspecified atom stereocenters. The maximum absolute atomic E-state index is 12.3. The van der Waals surface area contributed by atoms with Crippen LogP contribution in [0.15, 0.2) is 16.8 Å². The number of hydrogen-bond acceptors (Lipinski definition) is 4. The molecular formula is C14H20N2O3. The number of aromatic nitrogens is 1. The van der Waals surface area contributed by atoms with Crippen molar-refractivity contribution in [2.75, 3.05) is 0 Å². The molecule has 0 spiro atoms. The quantitative estimate of drug-likeness (QED) is 0.782. The van der Waals surface area contributed by atoms with Crippen LogP contribution in [0.3, 0.4) is 0 Å². The van der Waals surface area contributed by atoms with E-state index >= 15 is 0 Å². The van der Waals surface area contributed by atoms with E-state index in [0.29, 0.717) is 0 Å². The normalized spacial score (nSPS) is 29.8. The SMILES string of the molecule is CC(C)(C)OC(=O)N1[C@H]2CC[C@@H]1[C@@H](c1ccno1)C2. The lowest BCUT2D eigenvalue weighted by Gasteiger charge is -2.28. The van der Waals surface area contributed by atoms with Crippen molar-refractivity contribution >= 4 is 6.09 Å². The fraction of sp³-hybridized carbons (Fsp3) is 0.714. The van der Waals surface area contributed by atoms with E-state index in [1.807, 2.05) is 31.7 Å². The Morgan fingerprint density at radius 2 is 2.26 bits per heavy atom. The fourth-order valence-electron chi connectivity index (χ4n) is 3.31. The molecule has 0 saturated carbocycles. The fourth-order valence-corrected chi connectivity index (χ4v) is 3.31. The van der Waals surface area contributed by atoms with Crippen LogP contribution in [0.4, 0.5) is 4.79 Å². The number of amides is 1. The standard InChI is InChI=1S/C14H20N2O3/c1-14(2,3)18-13(17)16-9-4-5-11(16)10(8-9)12-6-7-15-19-12/h6-7,9-11H,4-5,8H2,1-3H3/t9-,10-,11+/m0/s1. The van der Waals surface area contributed by atoms with E-state index in [2.05, 4.69) is 5.16 Å². The molecule has 2 fully saturated rings. The van der Waals surface area contributed by atoms with Crippen LogP contribution >= 0.6 is 0 Å². The molecule has 1 aromatic rings. The van der Waals surface area contributed by atoms with Gasteiger partial charge in [0.1, 0.15) is 11.4 Å². The van der Waals surface area contributed by atoms with Crippen molar-refractivity contribution in [1.82, 2.24) is 10.1 Å². The Kier molecular flexibility index (Phi) is 2.80. The molecule has 104 valence electrons. The highest BCUT2D eigenvalue weighted by Crippen LogP contribution is 2.47. The predicted octanol–water partition coefficient (Wildman–Crippen LogP) is 2.93. The van der Waals surface area contributed by atoms with Crippen molar-refractivity contribution in [2.45, 2.75) is 63.6 Å². The molecule has 2 bridgehead atoms. The smallest absolute Gasteiger partial charge is 0.410 e. The zero-order valence-electron chi connectivity index (χ0n) is 11.6. The van der Waals surface area contributed by atoms with Gasteiger partial charge in [-0.3, -0.25) is 0 Å². The average molecular weight is 264 g/mol. The monoisotopic (exact) mass is 264 g/mol. The molecule has 2 saturated heterocycles. The first-order chi connectivity index (χ1) is 8.96. The third-order valence-corrected chi connectivity index (χ3v) is 3.96. The van der Waals surface area contributed by atoms with E-state index in [0.717, 1.165) is 25.0 Å². The lowest BCUT2D eigenvalue weighted by Crippen LogP contribution is -2.40. The Bertz CT molecular complexity index is 464. The summed E-state index contributed by atoms with van der Waals surface area (Å²) in [7, 11) is 0. The van der Waals surface area contributed by atoms with Crippen molar-refractivity contribution in [1.29, 1.82) is 0 Å². The van der Waals surface area contributed by atoms with Crippen LogP contribution in [0, 0.1) is 0 Å². The summed E-state index contributed by atoms with van der Waals surface area (Å²) in [6, 6.07) is 2.39. The molecule has 3 heterocycles. The van der Waals surface area contributed by atoms with Gasteiger partial charge in [0.05, 0.1) is 6.20 Å². The Morgan fingerprint density at radius 1 is 1.47 bits per heavy atom. The molecule has 5 nitrogen and oxygen atoms in total. The van der Waals surface area contributed by atoms with Gasteiger partial charge in [0.15, 0.2) is 0 Å². The van der Waals surface area contributed by atoms with Crippen molar-refractivity contribution in [3.05, 3.63) is 18.0 Å². The lowest BCUT2D eigenvalue weighted by molar-refractivity contribution is 0.0211. The number of ether oxygens (including phenoxy) is 1. The highest BCUT2D eigenvalue weighted by atomic mass is 16.6. The number of rotatable bonds is 1. The molecule has 2 aliphatic heterocycles. The van der Waals surface area contributed by atoms with Crippen molar-refractivity contribution in [3.63, 3.8) is 0 Å². The van der Waals surface area contributed by atoms with Gasteiger partial charge < -0.3 is 14.2 Å². The molecule has 0 radical (unpaired) electrons. The van der Waals surface area contributed by atoms with Crippen molar-refractivity contribution in [3.8, 4) is 0 Å². The highest BCUT2D eigenvalue weighted by molar-refractivity contribution is 5.70. The second-order valence-electron chi connectivity index (χ2n) is 6.44. The largest absolute Gasteiger partial charge is 0.444 e. The van der Waals surface area contributed by atoms with Crippen LogP contribution in [0.2, 0.25) is 0 Å². The first kappa shape index (κ1) is 12.5. The van der Waals surface area contributed by atoms with Gasteiger partial charge in [-0.15, -0.1) is 0 Å². The molecule has 19 heavy (non-hydrogen) atoms. The Morgan fingerprint density at radius 3 is 2.89 bits per heavy atom. The molecule has 3 atom stereocenters. The Labute approximate surface area is 112 Å². The molecule has 0 aromatic carbocycles. The summed E-state index contributed by atoms with van der Waals surface area (Å²) >= 11 is 0. The minimum atomic E-state index is -0.444. The third-order valence-electron chi connectivity index (χ3n) is 3.96. The number of nitrogens with zero attached hydrogens (tertiary/aromatic N) is 2. The maximum atomic E-state index is 12.3. The second-order valence-corrected chi connectivity index (χ2v) is 6.44. The van der Waals surface area contributed by atoms with Gasteiger partial charge >= 0.3 is 6.09 Å². The van der Waals surface area contributed by atoms with Crippen LogP contribution in [0.25, 0.3) is 0 Å². The van der Waals surface area contributed by atoms with Gasteiger partial charge in [0.2, 0.25) is 0 Å². The number of fused-ring (bicyclic) bond motifs is 2. The summed E-state index contributed by atoms with van der Waals surface area (Å²) in [5.74, 6) is 1.16. The highest BCUT2D eigenvalue weighted by Gasteiger charge is 2.51. The third kappa shape index (κ3) is 2.22. The van der Waals surface area contributed by atoms with E-state index in [9.17, 15) is 4.79 Å². The molecule has 1 aromatic heterocycles. The second kappa shape index (κ2) is 4.25. The van der Waals surface area contributed by atoms with E-state index in [1.54, 1.807) is 6.20 Å². The van der Waals surface area contributed by atoms with Gasteiger partial charge in [-0.25, -0.2) is 4.79 Å². The van der Waals surface area contributed by atoms with E-state index < -0.39 is 5.60 Å². The predicted molar refractivity (Wildman–Crippen MR) is 68.7 cm³/mol. The minimum Gasteiger partial charge on any atom is -0.444 e. The number of carbonyl (C=O) groups excluding carboxylic acids is 1. The van der Waals surface area contributed by atoms with Gasteiger partial charge in [-0.2, -0.15) is 0 Å². The van der Waals surface area contributed by atoms with Crippen LogP contribution < -0.4 is 0 Å². The first-order valence-electron chi connectivity index (χ1n) is 6.87. The van der Waals surface area contributed by atoms with Gasteiger partial charge in [-0.05, 0) is 40.0 Å². The summed E-state index contributed by atoms with van der Waals surface area (Å²) in [6.45, 7) is 5.70. The summed E-state index contributed by atoms with van der Waals surface area (Å²) in [5, 5.41) is 3.77. The summed E-state index contributed by atoms with van der Waals surface area (Å²) in [4.78, 5) is 14.2. The van der Waals surface area contributed by atoms with Crippen LogP contribution in [0.5, 0.6) is 0 Å². The van der Waals surface area contributed by atoms with E-state index in [-0.39, 0.29) is 24.1 Å². The van der Waals surface area contributed by atoms with Crippen LogP contribution in [-0.4, -0.2) is 33.8 Å². The summed E-state index contributed by atoms with van der Waals surface area (Å²) in [6.07, 6.45) is 4.52. The summed E-state index contributed by atoms with van der Waals surface area (Å²) < 4.78 is 10.8. The maximum Gasteiger partial charge on any atom is 0.410 e. The molecule has 2 aliphatic rings. The minimum absolute atomic E-state index is 0.193. The molecule has 0 aliphatic carbocycles. The van der Waals surface area contributed by atoms with E-state index in [4.69, 9.17) is 9.26 Å². The zero-order chi connectivity index (χ0) is 13.6. The topological polar surface area (TPSA) is 55.6 Å². The van der Waals surface area contributed by atoms with Crippen molar-refractivity contribution < 1.29 is 14.1 Å². The van der Waals surface area contributed by atoms with Gasteiger partial charge in [0, 0.05) is 24.1 Å². The first-order valence-corrected chi connectivity index (χ1v) is 6.87. The lowest BCUT2D eigenvalue weighted by atomic mass is 9.87. The average Bonchev–Trinajstić information content (AvgIpc) is 3.02. The molecule has 1 amide bonds. The van der Waals surface area contributed by atoms with E-state index in [1.165, 1.54) is 0 Å². The Balaban J connectivity index is 1.76. The molecule has 5 heteroatoms. The van der Waals surface area contributed by atoms with Gasteiger partial charge in [-0.1, -0.05) is 5.16 Å². The zero-order valence-corrected chi connectivity index (χ0v) is 11.6. The number of hydrogen-bond donors (Lipinski definition) is 0. The number of carbonyl (C=O) groups is 1. The molecular weight excluding hydrogens is 244 g/mol. The summed E-state index contributed by atoms with van der Waals surface area (Å²) in [5.41, 5.74) is -0.444.